The topological polar surface area (TPSA) is 59.4 Å². The van der Waals surface area contributed by atoms with Crippen LogP contribution in [0, 0.1) is 5.92 Å². The van der Waals surface area contributed by atoms with E-state index in [-0.39, 0.29) is 24.0 Å². The molecule has 1 aromatic heterocycles. The Morgan fingerprint density at radius 2 is 1.91 bits per heavy atom. The van der Waals surface area contributed by atoms with Gasteiger partial charge < -0.3 is 10.6 Å². The van der Waals surface area contributed by atoms with Crippen molar-refractivity contribution in [1.29, 1.82) is 0 Å². The zero-order chi connectivity index (χ0) is 15.4. The van der Waals surface area contributed by atoms with Gasteiger partial charge in [-0.25, -0.2) is 9.67 Å². The first kappa shape index (κ1) is 17.8. The van der Waals surface area contributed by atoms with Gasteiger partial charge in [-0.1, -0.05) is 25.1 Å². The van der Waals surface area contributed by atoms with Gasteiger partial charge in [-0.05, 0) is 37.0 Å². The summed E-state index contributed by atoms with van der Waals surface area (Å²) in [5, 5.41) is 4.55. The number of guanidine groups is 1. The number of aromatic nitrogens is 2. The third kappa shape index (κ3) is 4.70. The second-order valence-electron chi connectivity index (χ2n) is 5.93. The molecule has 0 radical (unpaired) electrons. The van der Waals surface area contributed by atoms with Gasteiger partial charge in [0.1, 0.15) is 0 Å². The Labute approximate surface area is 154 Å². The molecule has 1 aliphatic heterocycles. The van der Waals surface area contributed by atoms with E-state index in [1.165, 1.54) is 12.8 Å². The van der Waals surface area contributed by atoms with Gasteiger partial charge in [-0.15, -0.1) is 24.0 Å². The Morgan fingerprint density at radius 1 is 1.22 bits per heavy atom. The predicted molar refractivity (Wildman–Crippen MR) is 104 cm³/mol. The van der Waals surface area contributed by atoms with E-state index >= 15 is 0 Å². The number of hydrogen-bond donors (Lipinski definition) is 1. The fraction of sp³-hybridized carbons (Fsp3) is 0.412. The van der Waals surface area contributed by atoms with Crippen molar-refractivity contribution in [2.45, 2.75) is 26.3 Å². The summed E-state index contributed by atoms with van der Waals surface area (Å²) in [5.74, 6) is 1.44. The molecule has 0 saturated carbocycles. The molecule has 6 heteroatoms. The number of benzene rings is 1. The van der Waals surface area contributed by atoms with Gasteiger partial charge in [0, 0.05) is 19.3 Å². The summed E-state index contributed by atoms with van der Waals surface area (Å²) in [7, 11) is 0. The molecular formula is C17H24IN5. The molecule has 5 nitrogen and oxygen atoms in total. The van der Waals surface area contributed by atoms with Crippen molar-refractivity contribution in [3.63, 3.8) is 0 Å². The van der Waals surface area contributed by atoms with E-state index in [1.54, 1.807) is 0 Å². The number of hydrogen-bond acceptors (Lipinski definition) is 2. The lowest BCUT2D eigenvalue weighted by atomic mass is 10.00. The van der Waals surface area contributed by atoms with Crippen LogP contribution in [0.5, 0.6) is 0 Å². The third-order valence-electron chi connectivity index (χ3n) is 4.18. The number of nitrogens with two attached hydrogens (primary N) is 1. The number of rotatable bonds is 3. The van der Waals surface area contributed by atoms with E-state index in [0.29, 0.717) is 12.5 Å². The molecule has 0 spiro atoms. The van der Waals surface area contributed by atoms with Gasteiger partial charge >= 0.3 is 0 Å². The van der Waals surface area contributed by atoms with Crippen LogP contribution in [0.25, 0.3) is 5.69 Å². The van der Waals surface area contributed by atoms with Crippen molar-refractivity contribution in [3.8, 4) is 5.69 Å². The lowest BCUT2D eigenvalue weighted by Gasteiger charge is -2.30. The van der Waals surface area contributed by atoms with Gasteiger partial charge in [0.25, 0.3) is 0 Å². The number of aliphatic imine (C=N–C) groups is 1. The van der Waals surface area contributed by atoms with E-state index in [2.05, 4.69) is 21.9 Å². The van der Waals surface area contributed by atoms with Gasteiger partial charge in [-0.3, -0.25) is 0 Å². The van der Waals surface area contributed by atoms with Crippen molar-refractivity contribution in [2.24, 2.45) is 16.6 Å². The molecule has 2 heterocycles. The SMILES string of the molecule is CC1CCN(C(N)=NCc2ccn(-c3ccccc3)n2)CC1.I. The molecule has 1 saturated heterocycles. The third-order valence-corrected chi connectivity index (χ3v) is 4.18. The van der Waals surface area contributed by atoms with E-state index in [4.69, 9.17) is 5.73 Å². The summed E-state index contributed by atoms with van der Waals surface area (Å²) in [6, 6.07) is 12.1. The fourth-order valence-electron chi connectivity index (χ4n) is 2.67. The first-order chi connectivity index (χ1) is 10.7. The van der Waals surface area contributed by atoms with E-state index in [1.807, 2.05) is 47.3 Å². The van der Waals surface area contributed by atoms with Crippen LogP contribution >= 0.6 is 24.0 Å². The lowest BCUT2D eigenvalue weighted by molar-refractivity contribution is 0.277. The molecular weight excluding hydrogens is 401 g/mol. The second kappa shape index (κ2) is 8.33. The fourth-order valence-corrected chi connectivity index (χ4v) is 2.67. The summed E-state index contributed by atoms with van der Waals surface area (Å²) >= 11 is 0. The molecule has 1 aromatic carbocycles. The standard InChI is InChI=1S/C17H23N5.HI/c1-14-7-10-21(11-8-14)17(18)19-13-15-9-12-22(20-15)16-5-3-2-4-6-16;/h2-6,9,12,14H,7-8,10-11,13H2,1H3,(H2,18,19);1H. The minimum atomic E-state index is 0. The number of nitrogens with zero attached hydrogens (tertiary/aromatic N) is 4. The molecule has 0 unspecified atom stereocenters. The van der Waals surface area contributed by atoms with Crippen LogP contribution in [0.1, 0.15) is 25.5 Å². The van der Waals surface area contributed by atoms with Crippen LogP contribution in [0.2, 0.25) is 0 Å². The monoisotopic (exact) mass is 425 g/mol. The maximum absolute atomic E-state index is 6.10. The normalized spacial score (nSPS) is 16.2. The molecule has 1 aliphatic rings. The summed E-state index contributed by atoms with van der Waals surface area (Å²) in [4.78, 5) is 6.67. The molecule has 3 rings (SSSR count). The highest BCUT2D eigenvalue weighted by Gasteiger charge is 2.16. The summed E-state index contributed by atoms with van der Waals surface area (Å²) in [6.07, 6.45) is 4.34. The van der Waals surface area contributed by atoms with Gasteiger partial charge in [0.15, 0.2) is 5.96 Å². The summed E-state index contributed by atoms with van der Waals surface area (Å²) < 4.78 is 1.86. The zero-order valence-corrected chi connectivity index (χ0v) is 15.8. The molecule has 2 aromatic rings. The summed E-state index contributed by atoms with van der Waals surface area (Å²) in [5.41, 5.74) is 8.08. The Balaban J connectivity index is 0.00000192. The maximum atomic E-state index is 6.10. The Kier molecular flexibility index (Phi) is 6.44. The number of piperidine rings is 1. The van der Waals surface area contributed by atoms with Crippen LogP contribution in [-0.4, -0.2) is 33.7 Å². The number of halogens is 1. The van der Waals surface area contributed by atoms with Crippen LogP contribution in [0.4, 0.5) is 0 Å². The summed E-state index contributed by atoms with van der Waals surface area (Å²) in [6.45, 7) is 4.84. The Morgan fingerprint density at radius 3 is 2.61 bits per heavy atom. The molecule has 124 valence electrons. The molecule has 0 bridgehead atoms. The van der Waals surface area contributed by atoms with Gasteiger partial charge in [-0.2, -0.15) is 5.10 Å². The second-order valence-corrected chi connectivity index (χ2v) is 5.93. The zero-order valence-electron chi connectivity index (χ0n) is 13.4. The van der Waals surface area contributed by atoms with Crippen LogP contribution in [-0.2, 0) is 6.54 Å². The average molecular weight is 425 g/mol. The van der Waals surface area contributed by atoms with E-state index in [0.717, 1.165) is 30.4 Å². The average Bonchev–Trinajstić information content (AvgIpc) is 3.03. The molecule has 2 N–H and O–H groups in total. The number of para-hydroxylation sites is 1. The Bertz CT molecular complexity index is 629. The van der Waals surface area contributed by atoms with E-state index < -0.39 is 0 Å². The van der Waals surface area contributed by atoms with Crippen molar-refractivity contribution in [1.82, 2.24) is 14.7 Å². The van der Waals surface area contributed by atoms with Crippen molar-refractivity contribution in [3.05, 3.63) is 48.3 Å². The largest absolute Gasteiger partial charge is 0.370 e. The molecule has 0 aliphatic carbocycles. The van der Waals surface area contributed by atoms with Gasteiger partial charge in [0.2, 0.25) is 0 Å². The smallest absolute Gasteiger partial charge is 0.191 e. The maximum Gasteiger partial charge on any atom is 0.191 e. The first-order valence-electron chi connectivity index (χ1n) is 7.87. The predicted octanol–water partition coefficient (Wildman–Crippen LogP) is 3.04. The van der Waals surface area contributed by atoms with Gasteiger partial charge in [0.05, 0.1) is 17.9 Å². The van der Waals surface area contributed by atoms with Crippen molar-refractivity contribution < 1.29 is 0 Å². The minimum Gasteiger partial charge on any atom is -0.370 e. The van der Waals surface area contributed by atoms with Crippen LogP contribution < -0.4 is 5.73 Å². The van der Waals surface area contributed by atoms with Crippen LogP contribution in [0.15, 0.2) is 47.6 Å². The molecule has 1 fully saturated rings. The van der Waals surface area contributed by atoms with Crippen molar-refractivity contribution in [2.75, 3.05) is 13.1 Å². The molecule has 0 amide bonds. The minimum absolute atomic E-state index is 0. The van der Waals surface area contributed by atoms with E-state index in [9.17, 15) is 0 Å². The highest BCUT2D eigenvalue weighted by Crippen LogP contribution is 2.15. The van der Waals surface area contributed by atoms with Crippen LogP contribution in [0.3, 0.4) is 0 Å². The highest BCUT2D eigenvalue weighted by atomic mass is 127. The van der Waals surface area contributed by atoms with Crippen molar-refractivity contribution >= 4 is 29.9 Å². The molecule has 0 atom stereocenters. The first-order valence-corrected chi connectivity index (χ1v) is 7.87. The Hall–Kier alpha value is -1.57. The quantitative estimate of drug-likeness (QED) is 0.467. The highest BCUT2D eigenvalue weighted by molar-refractivity contribution is 14.0. The lowest BCUT2D eigenvalue weighted by Crippen LogP contribution is -2.42. The molecule has 23 heavy (non-hydrogen) atoms. The number of likely N-dealkylation sites (tertiary alicyclic amines) is 1.